The van der Waals surface area contributed by atoms with E-state index in [1.807, 2.05) is 18.2 Å². The number of halogens is 1. The first-order chi connectivity index (χ1) is 13.6. The second-order valence-electron chi connectivity index (χ2n) is 7.11. The molecule has 1 unspecified atom stereocenters. The van der Waals surface area contributed by atoms with Crippen molar-refractivity contribution in [1.29, 1.82) is 0 Å². The third kappa shape index (κ3) is 5.18. The maximum atomic E-state index is 11.3. The van der Waals surface area contributed by atoms with E-state index in [0.29, 0.717) is 23.3 Å². The van der Waals surface area contributed by atoms with Crippen molar-refractivity contribution in [2.75, 3.05) is 6.61 Å². The molecule has 0 radical (unpaired) electrons. The van der Waals surface area contributed by atoms with Crippen LogP contribution in [-0.2, 0) is 11.4 Å². The highest BCUT2D eigenvalue weighted by molar-refractivity contribution is 6.31. The zero-order valence-electron chi connectivity index (χ0n) is 15.6. The van der Waals surface area contributed by atoms with E-state index in [9.17, 15) is 15.0 Å². The van der Waals surface area contributed by atoms with Gasteiger partial charge in [0.05, 0.1) is 6.61 Å². The Balaban J connectivity index is 1.81. The molecule has 1 aliphatic carbocycles. The van der Waals surface area contributed by atoms with Crippen LogP contribution in [0.25, 0.3) is 0 Å². The Morgan fingerprint density at radius 3 is 2.54 bits per heavy atom. The molecule has 0 aliphatic heterocycles. The molecule has 0 spiro atoms. The van der Waals surface area contributed by atoms with E-state index < -0.39 is 12.1 Å². The van der Waals surface area contributed by atoms with E-state index in [4.69, 9.17) is 21.1 Å². The zero-order valence-corrected chi connectivity index (χ0v) is 16.4. The second-order valence-corrected chi connectivity index (χ2v) is 7.52. The lowest BCUT2D eigenvalue weighted by atomic mass is 9.90. The number of carboxylic acid groups (broad SMARTS) is 1. The molecule has 0 aromatic heterocycles. The average Bonchev–Trinajstić information content (AvgIpc) is 2.72. The lowest BCUT2D eigenvalue weighted by Gasteiger charge is -2.24. The number of aliphatic hydroxyl groups excluding tert-OH is 1. The number of carbonyl (C=O) groups is 1. The van der Waals surface area contributed by atoms with Crippen molar-refractivity contribution in [1.82, 2.24) is 0 Å². The average molecular weight is 405 g/mol. The van der Waals surface area contributed by atoms with E-state index in [1.165, 1.54) is 19.3 Å². The molecule has 0 bridgehead atoms. The van der Waals surface area contributed by atoms with Crippen LogP contribution >= 0.6 is 11.6 Å². The van der Waals surface area contributed by atoms with Gasteiger partial charge in [0, 0.05) is 16.1 Å². The highest BCUT2D eigenvalue weighted by Gasteiger charge is 2.24. The molecule has 1 saturated carbocycles. The Kier molecular flexibility index (Phi) is 7.18. The van der Waals surface area contributed by atoms with E-state index in [-0.39, 0.29) is 17.9 Å². The number of hydrogen-bond acceptors (Lipinski definition) is 4. The van der Waals surface area contributed by atoms with Gasteiger partial charge in [0.25, 0.3) is 0 Å². The smallest absolute Gasteiger partial charge is 0.337 e. The zero-order chi connectivity index (χ0) is 19.9. The number of aliphatic hydroxyl groups is 1. The van der Waals surface area contributed by atoms with Crippen molar-refractivity contribution in [3.05, 3.63) is 58.6 Å². The summed E-state index contributed by atoms with van der Waals surface area (Å²) >= 11 is 6.19. The van der Waals surface area contributed by atoms with E-state index >= 15 is 0 Å². The summed E-state index contributed by atoms with van der Waals surface area (Å²) in [5, 5.41) is 20.0. The van der Waals surface area contributed by atoms with E-state index in [0.717, 1.165) is 18.4 Å². The van der Waals surface area contributed by atoms with Crippen LogP contribution in [-0.4, -0.2) is 22.8 Å². The SMILES string of the molecule is O=C(O)C(O)c1cccc(OCc2ccccc2Cl)c1OCC1CCCCC1. The van der Waals surface area contributed by atoms with Crippen molar-refractivity contribution in [2.45, 2.75) is 44.8 Å². The Bertz CT molecular complexity index is 801. The van der Waals surface area contributed by atoms with Crippen LogP contribution in [0.2, 0.25) is 5.02 Å². The van der Waals surface area contributed by atoms with Crippen molar-refractivity contribution in [2.24, 2.45) is 5.92 Å². The number of benzene rings is 2. The third-order valence-electron chi connectivity index (χ3n) is 5.07. The lowest BCUT2D eigenvalue weighted by molar-refractivity contribution is -0.147. The first-order valence-corrected chi connectivity index (χ1v) is 9.97. The van der Waals surface area contributed by atoms with Crippen molar-refractivity contribution >= 4 is 17.6 Å². The Morgan fingerprint density at radius 2 is 1.82 bits per heavy atom. The quantitative estimate of drug-likeness (QED) is 0.647. The molecule has 0 heterocycles. The molecule has 150 valence electrons. The highest BCUT2D eigenvalue weighted by Crippen LogP contribution is 2.37. The van der Waals surface area contributed by atoms with Crippen LogP contribution in [0.15, 0.2) is 42.5 Å². The lowest BCUT2D eigenvalue weighted by Crippen LogP contribution is -2.18. The number of ether oxygens (including phenoxy) is 2. The fourth-order valence-electron chi connectivity index (χ4n) is 3.48. The molecular weight excluding hydrogens is 380 g/mol. The van der Waals surface area contributed by atoms with Gasteiger partial charge in [0.2, 0.25) is 0 Å². The normalized spacial score (nSPS) is 15.8. The van der Waals surface area contributed by atoms with Crippen molar-refractivity contribution < 1.29 is 24.5 Å². The van der Waals surface area contributed by atoms with Gasteiger partial charge in [0.15, 0.2) is 17.6 Å². The van der Waals surface area contributed by atoms with Crippen LogP contribution in [0.1, 0.15) is 49.3 Å². The molecule has 1 atom stereocenters. The van der Waals surface area contributed by atoms with Gasteiger partial charge < -0.3 is 19.7 Å². The number of rotatable bonds is 8. The summed E-state index contributed by atoms with van der Waals surface area (Å²) in [4.78, 5) is 11.3. The molecule has 6 heteroatoms. The minimum Gasteiger partial charge on any atom is -0.489 e. The van der Waals surface area contributed by atoms with Gasteiger partial charge in [0.1, 0.15) is 6.61 Å². The molecular formula is C22H25ClO5. The van der Waals surface area contributed by atoms with Crippen molar-refractivity contribution in [3.63, 3.8) is 0 Å². The fourth-order valence-corrected chi connectivity index (χ4v) is 3.67. The number of hydrogen-bond donors (Lipinski definition) is 2. The molecule has 5 nitrogen and oxygen atoms in total. The topological polar surface area (TPSA) is 76.0 Å². The monoisotopic (exact) mass is 404 g/mol. The molecule has 1 fully saturated rings. The summed E-state index contributed by atoms with van der Waals surface area (Å²) < 4.78 is 11.9. The largest absolute Gasteiger partial charge is 0.489 e. The summed E-state index contributed by atoms with van der Waals surface area (Å²) in [7, 11) is 0. The molecule has 2 N–H and O–H groups in total. The van der Waals surface area contributed by atoms with Gasteiger partial charge in [-0.05, 0) is 30.9 Å². The van der Waals surface area contributed by atoms with Gasteiger partial charge in [-0.25, -0.2) is 4.79 Å². The molecule has 3 rings (SSSR count). The van der Waals surface area contributed by atoms with E-state index in [2.05, 4.69) is 0 Å². The summed E-state index contributed by atoms with van der Waals surface area (Å²) in [5.74, 6) is -0.213. The Morgan fingerprint density at radius 1 is 1.07 bits per heavy atom. The summed E-state index contributed by atoms with van der Waals surface area (Å²) in [5.41, 5.74) is 1.01. The van der Waals surface area contributed by atoms with Gasteiger partial charge in [-0.15, -0.1) is 0 Å². The summed E-state index contributed by atoms with van der Waals surface area (Å²) in [6.07, 6.45) is 4.13. The number of carboxylic acids is 1. The van der Waals surface area contributed by atoms with Crippen LogP contribution in [0.4, 0.5) is 0 Å². The summed E-state index contributed by atoms with van der Waals surface area (Å²) in [6, 6.07) is 12.3. The summed E-state index contributed by atoms with van der Waals surface area (Å²) in [6.45, 7) is 0.692. The maximum absolute atomic E-state index is 11.3. The molecule has 1 aliphatic rings. The molecule has 0 amide bonds. The minimum absolute atomic E-state index is 0.194. The molecule has 2 aromatic rings. The maximum Gasteiger partial charge on any atom is 0.337 e. The fraction of sp³-hybridized carbons (Fsp3) is 0.409. The van der Waals surface area contributed by atoms with E-state index in [1.54, 1.807) is 24.3 Å². The third-order valence-corrected chi connectivity index (χ3v) is 5.44. The van der Waals surface area contributed by atoms with Gasteiger partial charge >= 0.3 is 5.97 Å². The first-order valence-electron chi connectivity index (χ1n) is 9.59. The Hall–Kier alpha value is -2.24. The van der Waals surface area contributed by atoms with Crippen LogP contribution in [0, 0.1) is 5.92 Å². The second kappa shape index (κ2) is 9.80. The Labute approximate surface area is 169 Å². The van der Waals surface area contributed by atoms with Gasteiger partial charge in [-0.3, -0.25) is 0 Å². The molecule has 2 aromatic carbocycles. The minimum atomic E-state index is -1.68. The predicted octanol–water partition coefficient (Wildman–Crippen LogP) is 5.00. The van der Waals surface area contributed by atoms with Crippen LogP contribution in [0.5, 0.6) is 11.5 Å². The van der Waals surface area contributed by atoms with Crippen LogP contribution in [0.3, 0.4) is 0 Å². The first kappa shape index (κ1) is 20.5. The predicted molar refractivity (Wildman–Crippen MR) is 107 cm³/mol. The number of para-hydroxylation sites is 1. The molecule has 28 heavy (non-hydrogen) atoms. The standard InChI is InChI=1S/C22H25ClO5/c23-18-11-5-4-9-16(18)14-27-19-12-6-10-17(20(24)22(25)26)21(19)28-13-15-7-2-1-3-8-15/h4-6,9-12,15,20,24H,1-3,7-8,13-14H2,(H,25,26). The van der Waals surface area contributed by atoms with Gasteiger partial charge in [-0.2, -0.15) is 0 Å². The molecule has 0 saturated heterocycles. The van der Waals surface area contributed by atoms with Crippen molar-refractivity contribution in [3.8, 4) is 11.5 Å². The van der Waals surface area contributed by atoms with Crippen LogP contribution < -0.4 is 9.47 Å². The number of aliphatic carboxylic acids is 1. The highest BCUT2D eigenvalue weighted by atomic mass is 35.5. The van der Waals surface area contributed by atoms with Gasteiger partial charge in [-0.1, -0.05) is 61.2 Å².